The van der Waals surface area contributed by atoms with Crippen molar-refractivity contribution in [2.45, 2.75) is 13.0 Å². The maximum atomic E-state index is 10.7. The van der Waals surface area contributed by atoms with Crippen LogP contribution in [0.25, 0.3) is 0 Å². The lowest BCUT2D eigenvalue weighted by molar-refractivity contribution is -0.155. The summed E-state index contributed by atoms with van der Waals surface area (Å²) in [5.74, 6) is -1.53. The number of Topliss-reactive ketones (excluding diaryl/α,β-unsaturated/α-hetero) is 1. The SMILES string of the molecule is COC(=O)C(=O)[C@H](C)OC. The second kappa shape index (κ2) is 4.00. The number of rotatable bonds is 3. The third kappa shape index (κ3) is 2.14. The molecule has 0 aromatic heterocycles. The summed E-state index contributed by atoms with van der Waals surface area (Å²) >= 11 is 0. The predicted octanol–water partition coefficient (Wildman–Crippen LogP) is -0.237. The van der Waals surface area contributed by atoms with Gasteiger partial charge in [0.25, 0.3) is 5.78 Å². The van der Waals surface area contributed by atoms with Gasteiger partial charge >= 0.3 is 5.97 Å². The van der Waals surface area contributed by atoms with Crippen LogP contribution in [0.2, 0.25) is 0 Å². The Hall–Kier alpha value is -0.900. The van der Waals surface area contributed by atoms with Gasteiger partial charge in [0.1, 0.15) is 6.10 Å². The van der Waals surface area contributed by atoms with Crippen molar-refractivity contribution in [1.29, 1.82) is 0 Å². The lowest BCUT2D eigenvalue weighted by atomic mass is 10.3. The minimum atomic E-state index is -0.866. The number of ether oxygens (including phenoxy) is 2. The Bertz CT molecular complexity index is 141. The molecule has 58 valence electrons. The van der Waals surface area contributed by atoms with Gasteiger partial charge in [-0.3, -0.25) is 4.79 Å². The topological polar surface area (TPSA) is 52.6 Å². The fourth-order valence-electron chi connectivity index (χ4n) is 0.374. The third-order valence-electron chi connectivity index (χ3n) is 1.11. The molecule has 0 saturated heterocycles. The Balaban J connectivity index is 3.95. The van der Waals surface area contributed by atoms with Gasteiger partial charge in [-0.05, 0) is 6.92 Å². The molecular weight excluding hydrogens is 136 g/mol. The van der Waals surface area contributed by atoms with E-state index in [9.17, 15) is 9.59 Å². The zero-order valence-corrected chi connectivity index (χ0v) is 6.21. The van der Waals surface area contributed by atoms with Crippen molar-refractivity contribution in [2.75, 3.05) is 14.2 Å². The van der Waals surface area contributed by atoms with E-state index in [1.165, 1.54) is 14.0 Å². The molecule has 10 heavy (non-hydrogen) atoms. The number of carbonyl (C=O) groups is 2. The monoisotopic (exact) mass is 146 g/mol. The molecule has 0 aromatic rings. The van der Waals surface area contributed by atoms with E-state index in [0.29, 0.717) is 0 Å². The molecule has 0 heterocycles. The third-order valence-corrected chi connectivity index (χ3v) is 1.11. The summed E-state index contributed by atoms with van der Waals surface area (Å²) in [4.78, 5) is 21.2. The molecule has 0 amide bonds. The van der Waals surface area contributed by atoms with Crippen LogP contribution in [-0.4, -0.2) is 32.1 Å². The van der Waals surface area contributed by atoms with Crippen molar-refractivity contribution < 1.29 is 19.1 Å². The molecule has 1 atom stereocenters. The van der Waals surface area contributed by atoms with Crippen LogP contribution in [0, 0.1) is 0 Å². The van der Waals surface area contributed by atoms with Crippen molar-refractivity contribution in [1.82, 2.24) is 0 Å². The molecule has 0 fully saturated rings. The fourth-order valence-corrected chi connectivity index (χ4v) is 0.374. The molecule has 4 heteroatoms. The number of carbonyl (C=O) groups excluding carboxylic acids is 2. The normalized spacial score (nSPS) is 12.3. The number of methoxy groups -OCH3 is 2. The Morgan fingerprint density at radius 2 is 1.80 bits per heavy atom. The average molecular weight is 146 g/mol. The van der Waals surface area contributed by atoms with E-state index < -0.39 is 17.9 Å². The molecule has 0 N–H and O–H groups in total. The van der Waals surface area contributed by atoms with Crippen molar-refractivity contribution in [3.63, 3.8) is 0 Å². The van der Waals surface area contributed by atoms with Crippen LogP contribution >= 0.6 is 0 Å². The molecular formula is C6H10O4. The van der Waals surface area contributed by atoms with E-state index in [1.807, 2.05) is 0 Å². The largest absolute Gasteiger partial charge is 0.463 e. The summed E-state index contributed by atoms with van der Waals surface area (Å²) in [6.07, 6.45) is -0.715. The molecule has 0 radical (unpaired) electrons. The molecule has 4 nitrogen and oxygen atoms in total. The van der Waals surface area contributed by atoms with Gasteiger partial charge in [-0.2, -0.15) is 0 Å². The van der Waals surface area contributed by atoms with Gasteiger partial charge in [-0.15, -0.1) is 0 Å². The molecule has 0 aliphatic heterocycles. The standard InChI is InChI=1S/C6H10O4/c1-4(9-2)5(7)6(8)10-3/h4H,1-3H3/t4-/m0/s1. The molecule has 0 rings (SSSR count). The van der Waals surface area contributed by atoms with Crippen LogP contribution in [0.5, 0.6) is 0 Å². The van der Waals surface area contributed by atoms with E-state index in [0.717, 1.165) is 7.11 Å². The highest BCUT2D eigenvalue weighted by Gasteiger charge is 2.20. The van der Waals surface area contributed by atoms with Crippen LogP contribution < -0.4 is 0 Å². The second-order valence-electron chi connectivity index (χ2n) is 1.73. The van der Waals surface area contributed by atoms with Crippen LogP contribution in [-0.2, 0) is 19.1 Å². The lowest BCUT2D eigenvalue weighted by Gasteiger charge is -2.04. The lowest BCUT2D eigenvalue weighted by Crippen LogP contribution is -2.28. The van der Waals surface area contributed by atoms with Gasteiger partial charge < -0.3 is 9.47 Å². The maximum absolute atomic E-state index is 10.7. The highest BCUT2D eigenvalue weighted by Crippen LogP contribution is 1.91. The van der Waals surface area contributed by atoms with E-state index in [2.05, 4.69) is 9.47 Å². The number of hydrogen-bond acceptors (Lipinski definition) is 4. The van der Waals surface area contributed by atoms with Crippen molar-refractivity contribution >= 4 is 11.8 Å². The van der Waals surface area contributed by atoms with Crippen LogP contribution in [0.15, 0.2) is 0 Å². The van der Waals surface area contributed by atoms with Gasteiger partial charge in [-0.25, -0.2) is 4.79 Å². The van der Waals surface area contributed by atoms with Crippen molar-refractivity contribution in [2.24, 2.45) is 0 Å². The first-order valence-corrected chi connectivity index (χ1v) is 2.78. The molecule has 0 unspecified atom stereocenters. The maximum Gasteiger partial charge on any atom is 0.377 e. The first kappa shape index (κ1) is 9.10. The van der Waals surface area contributed by atoms with Crippen LogP contribution in [0.4, 0.5) is 0 Å². The van der Waals surface area contributed by atoms with E-state index in [4.69, 9.17) is 0 Å². The highest BCUT2D eigenvalue weighted by atomic mass is 16.5. The first-order valence-electron chi connectivity index (χ1n) is 2.78. The summed E-state index contributed by atoms with van der Waals surface area (Å²) < 4.78 is 8.75. The second-order valence-corrected chi connectivity index (χ2v) is 1.73. The van der Waals surface area contributed by atoms with Crippen LogP contribution in [0.1, 0.15) is 6.92 Å². The molecule has 0 aliphatic carbocycles. The Kier molecular flexibility index (Phi) is 3.64. The van der Waals surface area contributed by atoms with Crippen molar-refractivity contribution in [3.8, 4) is 0 Å². The minimum Gasteiger partial charge on any atom is -0.463 e. The van der Waals surface area contributed by atoms with Crippen molar-refractivity contribution in [3.05, 3.63) is 0 Å². The molecule has 0 aromatic carbocycles. The summed E-state index contributed by atoms with van der Waals surface area (Å²) in [7, 11) is 2.51. The van der Waals surface area contributed by atoms with Gasteiger partial charge in [0.15, 0.2) is 0 Å². The van der Waals surface area contributed by atoms with E-state index in [1.54, 1.807) is 0 Å². The first-order chi connectivity index (χ1) is 4.63. The number of ketones is 1. The summed E-state index contributed by atoms with van der Waals surface area (Å²) in [6.45, 7) is 1.49. The Labute approximate surface area is 59.1 Å². The average Bonchev–Trinajstić information content (AvgIpc) is 2.00. The number of esters is 1. The smallest absolute Gasteiger partial charge is 0.377 e. The summed E-state index contributed by atoms with van der Waals surface area (Å²) in [6, 6.07) is 0. The number of hydrogen-bond donors (Lipinski definition) is 0. The Morgan fingerprint density at radius 3 is 2.10 bits per heavy atom. The van der Waals surface area contributed by atoms with E-state index in [-0.39, 0.29) is 0 Å². The van der Waals surface area contributed by atoms with Gasteiger partial charge in [0.2, 0.25) is 0 Å². The zero-order valence-electron chi connectivity index (χ0n) is 6.21. The van der Waals surface area contributed by atoms with Crippen LogP contribution in [0.3, 0.4) is 0 Å². The van der Waals surface area contributed by atoms with Gasteiger partial charge in [-0.1, -0.05) is 0 Å². The Morgan fingerprint density at radius 1 is 1.30 bits per heavy atom. The summed E-state index contributed by atoms with van der Waals surface area (Å²) in [5.41, 5.74) is 0. The predicted molar refractivity (Wildman–Crippen MR) is 33.5 cm³/mol. The molecule has 0 aliphatic rings. The van der Waals surface area contributed by atoms with Gasteiger partial charge in [0.05, 0.1) is 7.11 Å². The highest BCUT2D eigenvalue weighted by molar-refractivity contribution is 6.35. The zero-order chi connectivity index (χ0) is 8.15. The quantitative estimate of drug-likeness (QED) is 0.407. The van der Waals surface area contributed by atoms with E-state index >= 15 is 0 Å². The minimum absolute atomic E-state index is 0.662. The van der Waals surface area contributed by atoms with Gasteiger partial charge in [0, 0.05) is 7.11 Å². The molecule has 0 bridgehead atoms. The summed E-state index contributed by atoms with van der Waals surface area (Å²) in [5, 5.41) is 0. The fraction of sp³-hybridized carbons (Fsp3) is 0.667. The molecule has 0 spiro atoms. The molecule has 0 saturated carbocycles.